The van der Waals surface area contributed by atoms with Crippen LogP contribution in [0.2, 0.25) is 0 Å². The molecular weight excluding hydrogens is 432 g/mol. The number of carbonyl (C=O) groups is 2. The number of anilines is 1. The van der Waals surface area contributed by atoms with E-state index in [9.17, 15) is 14.9 Å². The average Bonchev–Trinajstić information content (AvgIpc) is 3.23. The Morgan fingerprint density at radius 1 is 0.912 bits per heavy atom. The van der Waals surface area contributed by atoms with Gasteiger partial charge in [0.1, 0.15) is 23.1 Å². The van der Waals surface area contributed by atoms with Gasteiger partial charge in [0, 0.05) is 16.7 Å². The lowest BCUT2D eigenvalue weighted by Crippen LogP contribution is -2.13. The molecule has 34 heavy (non-hydrogen) atoms. The first-order chi connectivity index (χ1) is 16.6. The van der Waals surface area contributed by atoms with Crippen molar-refractivity contribution in [3.8, 4) is 34.3 Å². The van der Waals surface area contributed by atoms with Gasteiger partial charge in [-0.25, -0.2) is 4.79 Å². The maximum atomic E-state index is 12.9. The molecule has 0 radical (unpaired) electrons. The Morgan fingerprint density at radius 3 is 2.12 bits per heavy atom. The van der Waals surface area contributed by atoms with E-state index in [4.69, 9.17) is 13.9 Å². The predicted octanol–water partition coefficient (Wildman–Crippen LogP) is 6.27. The van der Waals surface area contributed by atoms with Gasteiger partial charge in [-0.2, -0.15) is 5.26 Å². The highest BCUT2D eigenvalue weighted by Gasteiger charge is 2.24. The van der Waals surface area contributed by atoms with Crippen LogP contribution in [0.4, 0.5) is 10.7 Å². The molecule has 0 spiro atoms. The fraction of sp³-hybridized carbons (Fsp3) is 0.0741. The van der Waals surface area contributed by atoms with Crippen LogP contribution in [-0.2, 0) is 4.74 Å². The maximum absolute atomic E-state index is 12.9. The van der Waals surface area contributed by atoms with Crippen LogP contribution in [-0.4, -0.2) is 18.7 Å². The normalized spacial score (nSPS) is 10.2. The zero-order chi connectivity index (χ0) is 23.9. The van der Waals surface area contributed by atoms with Gasteiger partial charge in [0.25, 0.3) is 5.91 Å². The fourth-order valence-corrected chi connectivity index (χ4v) is 3.39. The summed E-state index contributed by atoms with van der Waals surface area (Å²) in [6, 6.07) is 26.9. The number of nitriles is 1. The largest absolute Gasteiger partial charge is 0.513 e. The Hall–Kier alpha value is -4.83. The lowest BCUT2D eigenvalue weighted by molar-refractivity contribution is 0.102. The van der Waals surface area contributed by atoms with Crippen LogP contribution in [0, 0.1) is 11.3 Å². The highest BCUT2D eigenvalue weighted by molar-refractivity contribution is 6.05. The van der Waals surface area contributed by atoms with Crippen molar-refractivity contribution in [2.75, 3.05) is 11.9 Å². The van der Waals surface area contributed by atoms with Crippen LogP contribution in [0.5, 0.6) is 5.75 Å². The van der Waals surface area contributed by atoms with Crippen molar-refractivity contribution in [2.24, 2.45) is 0 Å². The zero-order valence-electron chi connectivity index (χ0n) is 18.3. The second-order valence-corrected chi connectivity index (χ2v) is 7.12. The lowest BCUT2D eigenvalue weighted by atomic mass is 9.98. The van der Waals surface area contributed by atoms with Gasteiger partial charge in [0.05, 0.1) is 6.61 Å². The van der Waals surface area contributed by atoms with Crippen molar-refractivity contribution in [2.45, 2.75) is 6.92 Å². The smallest absolute Gasteiger partial charge is 0.438 e. The lowest BCUT2D eigenvalue weighted by Gasteiger charge is -2.06. The molecule has 4 aromatic rings. The minimum Gasteiger partial charge on any atom is -0.438 e. The van der Waals surface area contributed by atoms with Gasteiger partial charge in [0.15, 0.2) is 0 Å². The minimum absolute atomic E-state index is 0.0528. The summed E-state index contributed by atoms with van der Waals surface area (Å²) in [6.45, 7) is 1.87. The van der Waals surface area contributed by atoms with Gasteiger partial charge in [-0.1, -0.05) is 60.7 Å². The zero-order valence-corrected chi connectivity index (χ0v) is 18.3. The van der Waals surface area contributed by atoms with Gasteiger partial charge < -0.3 is 13.9 Å². The molecule has 1 N–H and O–H groups in total. The summed E-state index contributed by atoms with van der Waals surface area (Å²) in [7, 11) is 0. The number of hydrogen-bond donors (Lipinski definition) is 1. The highest BCUT2D eigenvalue weighted by Crippen LogP contribution is 2.41. The number of furan rings is 1. The fourth-order valence-electron chi connectivity index (χ4n) is 3.39. The standard InChI is InChI=1S/C27H20N2O5/c1-2-32-27(31)33-21-15-13-20(14-16-21)25(30)29-26-22(17-28)23(18-9-5-3-6-10-18)24(34-26)19-11-7-4-8-12-19/h3-16H,2H2,1H3,(H,29,30). The molecule has 1 heterocycles. The quantitative estimate of drug-likeness (QED) is 0.273. The van der Waals surface area contributed by atoms with Gasteiger partial charge in [-0.05, 0) is 36.8 Å². The van der Waals surface area contributed by atoms with Crippen molar-refractivity contribution >= 4 is 17.9 Å². The van der Waals surface area contributed by atoms with Crippen LogP contribution in [0.25, 0.3) is 22.5 Å². The molecule has 168 valence electrons. The van der Waals surface area contributed by atoms with Crippen LogP contribution in [0.1, 0.15) is 22.8 Å². The summed E-state index contributed by atoms with van der Waals surface area (Å²) >= 11 is 0. The van der Waals surface area contributed by atoms with E-state index in [0.29, 0.717) is 16.9 Å². The SMILES string of the molecule is CCOC(=O)Oc1ccc(C(=O)Nc2oc(-c3ccccc3)c(-c3ccccc3)c2C#N)cc1. The number of benzene rings is 3. The molecule has 4 rings (SSSR count). The van der Waals surface area contributed by atoms with Crippen LogP contribution in [0.15, 0.2) is 89.3 Å². The molecule has 7 nitrogen and oxygen atoms in total. The number of nitrogens with zero attached hydrogens (tertiary/aromatic N) is 1. The molecular formula is C27H20N2O5. The topological polar surface area (TPSA) is 102 Å². The molecule has 0 unspecified atom stereocenters. The third kappa shape index (κ3) is 4.81. The van der Waals surface area contributed by atoms with Crippen LogP contribution in [0.3, 0.4) is 0 Å². The van der Waals surface area contributed by atoms with Crippen molar-refractivity contribution < 1.29 is 23.5 Å². The summed E-state index contributed by atoms with van der Waals surface area (Å²) in [4.78, 5) is 24.3. The molecule has 1 aromatic heterocycles. The molecule has 0 atom stereocenters. The summed E-state index contributed by atoms with van der Waals surface area (Å²) in [5.74, 6) is 0.296. The summed E-state index contributed by atoms with van der Waals surface area (Å²) in [6.07, 6.45) is -0.823. The van der Waals surface area contributed by atoms with Crippen molar-refractivity contribution in [1.29, 1.82) is 5.26 Å². The summed E-state index contributed by atoms with van der Waals surface area (Å²) in [5, 5.41) is 12.6. The summed E-state index contributed by atoms with van der Waals surface area (Å²) < 4.78 is 15.8. The molecule has 0 saturated carbocycles. The number of ether oxygens (including phenoxy) is 2. The molecule has 0 bridgehead atoms. The molecule has 7 heteroatoms. The summed E-state index contributed by atoms with van der Waals surface area (Å²) in [5.41, 5.74) is 2.68. The van der Waals surface area contributed by atoms with Gasteiger partial charge in [0.2, 0.25) is 5.88 Å². The number of hydrogen-bond acceptors (Lipinski definition) is 6. The van der Waals surface area contributed by atoms with E-state index >= 15 is 0 Å². The first kappa shape index (κ1) is 22.4. The highest BCUT2D eigenvalue weighted by atomic mass is 16.7. The molecule has 0 aliphatic carbocycles. The van der Waals surface area contributed by atoms with E-state index in [-0.39, 0.29) is 23.8 Å². The predicted molar refractivity (Wildman–Crippen MR) is 126 cm³/mol. The third-order valence-corrected chi connectivity index (χ3v) is 4.93. The number of amides is 1. The first-order valence-electron chi connectivity index (χ1n) is 10.5. The molecule has 0 fully saturated rings. The molecule has 3 aromatic carbocycles. The van der Waals surface area contributed by atoms with E-state index in [0.717, 1.165) is 11.1 Å². The number of carbonyl (C=O) groups excluding carboxylic acids is 2. The van der Waals surface area contributed by atoms with Crippen LogP contribution < -0.4 is 10.1 Å². The van der Waals surface area contributed by atoms with Crippen LogP contribution >= 0.6 is 0 Å². The maximum Gasteiger partial charge on any atom is 0.513 e. The van der Waals surface area contributed by atoms with Crippen molar-refractivity contribution in [1.82, 2.24) is 0 Å². The molecule has 0 saturated heterocycles. The monoisotopic (exact) mass is 452 g/mol. The van der Waals surface area contributed by atoms with E-state index in [1.54, 1.807) is 6.92 Å². The van der Waals surface area contributed by atoms with Gasteiger partial charge in [-0.3, -0.25) is 10.1 Å². The van der Waals surface area contributed by atoms with E-state index < -0.39 is 12.1 Å². The van der Waals surface area contributed by atoms with Crippen molar-refractivity contribution in [3.05, 3.63) is 96.1 Å². The second kappa shape index (κ2) is 10.2. The Kier molecular flexibility index (Phi) is 6.70. The molecule has 1 amide bonds. The Bertz CT molecular complexity index is 1340. The Morgan fingerprint density at radius 2 is 1.53 bits per heavy atom. The third-order valence-electron chi connectivity index (χ3n) is 4.93. The van der Waals surface area contributed by atoms with E-state index in [1.807, 2.05) is 60.7 Å². The van der Waals surface area contributed by atoms with Crippen molar-refractivity contribution in [3.63, 3.8) is 0 Å². The Balaban J connectivity index is 1.66. The van der Waals surface area contributed by atoms with E-state index in [1.165, 1.54) is 24.3 Å². The number of rotatable bonds is 6. The van der Waals surface area contributed by atoms with E-state index in [2.05, 4.69) is 11.4 Å². The minimum atomic E-state index is -0.823. The number of nitrogens with one attached hydrogen (secondary N) is 1. The Labute approximate surface area is 196 Å². The average molecular weight is 452 g/mol. The first-order valence-corrected chi connectivity index (χ1v) is 10.5. The van der Waals surface area contributed by atoms with Gasteiger partial charge >= 0.3 is 6.16 Å². The van der Waals surface area contributed by atoms with Gasteiger partial charge in [-0.15, -0.1) is 0 Å². The molecule has 0 aliphatic heterocycles. The second-order valence-electron chi connectivity index (χ2n) is 7.12. The molecule has 0 aliphatic rings.